The molecule has 0 aromatic heterocycles. The monoisotopic (exact) mass is 1530 g/mol. The fraction of sp³-hybridized carbons (Fsp3) is 0.920. The van der Waals surface area contributed by atoms with Gasteiger partial charge in [-0.3, -0.25) is 33.6 Å². The highest BCUT2D eigenvalue weighted by atomic mass is 16.5. The van der Waals surface area contributed by atoms with Crippen LogP contribution in [0.1, 0.15) is 329 Å². The number of nitrogens with one attached hydrogen (secondary N) is 2. The van der Waals surface area contributed by atoms with Gasteiger partial charge in [-0.2, -0.15) is 0 Å². The summed E-state index contributed by atoms with van der Waals surface area (Å²) in [5, 5.41) is 34.4. The van der Waals surface area contributed by atoms with Crippen molar-refractivity contribution in [3.05, 3.63) is 0 Å². The van der Waals surface area contributed by atoms with Gasteiger partial charge in [-0.25, -0.2) is 0 Å². The summed E-state index contributed by atoms with van der Waals surface area (Å²) in [6.07, 6.45) is 18.2. The predicted octanol–water partition coefficient (Wildman–Crippen LogP) is 16.7. The highest BCUT2D eigenvalue weighted by Gasteiger charge is 2.37. The third-order valence-electron chi connectivity index (χ3n) is 18.1. The van der Waals surface area contributed by atoms with Crippen LogP contribution in [0.4, 0.5) is 0 Å². The molecule has 2 aliphatic heterocycles. The van der Waals surface area contributed by atoms with Gasteiger partial charge in [0.25, 0.3) is 0 Å². The van der Waals surface area contributed by atoms with Crippen LogP contribution in [0.3, 0.4) is 0 Å². The van der Waals surface area contributed by atoms with Crippen LogP contribution in [0.2, 0.25) is 0 Å². The van der Waals surface area contributed by atoms with Crippen LogP contribution in [0.15, 0.2) is 0 Å². The van der Waals surface area contributed by atoms with Gasteiger partial charge < -0.3 is 61.4 Å². The average Bonchev–Trinajstić information content (AvgIpc) is 1.71. The molecule has 0 aliphatic carbocycles. The quantitative estimate of drug-likeness (QED) is 0.0279. The van der Waals surface area contributed by atoms with Gasteiger partial charge in [0.05, 0.1) is 37.5 Å². The number of aliphatic hydroxyl groups excluding tert-OH is 3. The molecule has 4 amide bonds. The summed E-state index contributed by atoms with van der Waals surface area (Å²) in [6, 6.07) is -0.388. The highest BCUT2D eigenvalue weighted by Crippen LogP contribution is 2.27. The van der Waals surface area contributed by atoms with E-state index in [9.17, 15) is 43.8 Å². The summed E-state index contributed by atoms with van der Waals surface area (Å²) in [5.41, 5.74) is 11.7. The van der Waals surface area contributed by atoms with Crippen LogP contribution in [-0.2, 0) is 47.8 Å². The standard InChI is InChI=1S/C15H29NO4.C14H28N2O2.C14H27NO2.C13H26O2.C12H25NO2.C12H25NO.C8H18/c1-11(2)14(18)10-20-9-8-19-7-5-6-13(17)15(16)12(3)4;1-9(2)5-11-7-12(17)8-16(11)14(18)13(15)6-10(3)4;1-10(2)5-6-14(17)15-9-13(16)8-12(15)7-11(3)4;1-11(2)6-5-7-13(14)10-15-9-8-12(3)4;1-9(2)5-11(8-14)7-13-12(15)6-10(3)4;1-10(2)6-5-7-12(14)13-9-8-11(3)4;1-7(2)5-6-8(3)4/h11-12,15H,5-10,16H2,1-4H3;9-13,17H,5-8,15H2,1-4H3;10-13,16H,5-9H2,1-4H3;11-12H,5-10H2,1-4H3;9-11,14H,5-8H2,1-4H3,(H,13,15);10-11H,5-9H2,1-4H3,(H,13,14);7-8H,5-6H2,1-4H3. The lowest BCUT2D eigenvalue weighted by Gasteiger charge is -2.28. The second-order valence-electron chi connectivity index (χ2n) is 36.5. The average molecular weight is 1530 g/mol. The Morgan fingerprint density at radius 3 is 1.33 bits per heavy atom. The lowest BCUT2D eigenvalue weighted by molar-refractivity contribution is -0.134. The molecule has 2 aliphatic rings. The Hall–Kier alpha value is -3.43. The van der Waals surface area contributed by atoms with E-state index in [-0.39, 0.29) is 102 Å². The minimum absolute atomic E-state index is 0.00546. The first-order chi connectivity index (χ1) is 49.7. The van der Waals surface area contributed by atoms with Crippen molar-refractivity contribution in [1.29, 1.82) is 0 Å². The molecule has 0 aromatic carbocycles. The summed E-state index contributed by atoms with van der Waals surface area (Å²) in [7, 11) is 0. The molecule has 0 radical (unpaired) electrons. The van der Waals surface area contributed by atoms with E-state index in [0.29, 0.717) is 163 Å². The third kappa shape index (κ3) is 75.1. The normalized spacial score (nSPS) is 16.5. The predicted molar refractivity (Wildman–Crippen MR) is 448 cm³/mol. The Balaban J connectivity index is -0.000000382. The number of β-amino-alcohol motifs (C(OH)–C–C–N with tert-alkyl or cyclic N) is 2. The van der Waals surface area contributed by atoms with E-state index in [1.807, 2.05) is 46.4 Å². The summed E-state index contributed by atoms with van der Waals surface area (Å²) in [6.45, 7) is 64.5. The molecule has 2 rings (SSSR count). The van der Waals surface area contributed by atoms with E-state index in [2.05, 4.69) is 163 Å². The van der Waals surface area contributed by atoms with Gasteiger partial charge in [0.15, 0.2) is 11.6 Å². The summed E-state index contributed by atoms with van der Waals surface area (Å²) < 4.78 is 15.8. The number of Topliss-reactive ketones (excluding diaryl/α,β-unsaturated/α-hetero) is 3. The smallest absolute Gasteiger partial charge is 0.239 e. The van der Waals surface area contributed by atoms with Gasteiger partial charge in [0.2, 0.25) is 23.6 Å². The zero-order valence-corrected chi connectivity index (χ0v) is 74.7. The van der Waals surface area contributed by atoms with Gasteiger partial charge >= 0.3 is 0 Å². The van der Waals surface area contributed by atoms with Crippen LogP contribution < -0.4 is 22.1 Å². The molecule has 7 atom stereocenters. The number of nitrogens with zero attached hydrogens (tertiary/aromatic N) is 2. The van der Waals surface area contributed by atoms with Crippen molar-refractivity contribution >= 4 is 41.0 Å². The molecule has 0 aromatic rings. The zero-order chi connectivity index (χ0) is 83.5. The van der Waals surface area contributed by atoms with Crippen molar-refractivity contribution in [2.24, 2.45) is 100 Å². The maximum Gasteiger partial charge on any atom is 0.239 e. The molecule has 7 unspecified atom stereocenters. The number of ketones is 3. The number of ether oxygens (including phenoxy) is 3. The number of carbonyl (C=O) groups is 7. The number of hydrogen-bond acceptors (Lipinski definition) is 15. The van der Waals surface area contributed by atoms with Gasteiger partial charge in [-0.05, 0) is 160 Å². The second kappa shape index (κ2) is 69.3. The minimum Gasteiger partial charge on any atom is -0.396 e. The van der Waals surface area contributed by atoms with Gasteiger partial charge in [0, 0.05) is 96.1 Å². The first-order valence-corrected chi connectivity index (χ1v) is 42.6. The van der Waals surface area contributed by atoms with Gasteiger partial charge in [-0.15, -0.1) is 0 Å². The molecule has 107 heavy (non-hydrogen) atoms. The lowest BCUT2D eigenvalue weighted by atomic mass is 9.98. The molecular formula is C88H178N6O13. The van der Waals surface area contributed by atoms with Gasteiger partial charge in [-0.1, -0.05) is 220 Å². The minimum atomic E-state index is -0.426. The first kappa shape index (κ1) is 112. The Labute approximate surface area is 659 Å². The van der Waals surface area contributed by atoms with Crippen LogP contribution in [-0.4, -0.2) is 175 Å². The van der Waals surface area contributed by atoms with E-state index < -0.39 is 6.04 Å². The molecule has 19 heteroatoms. The third-order valence-corrected chi connectivity index (χ3v) is 18.1. The number of hydrogen-bond donors (Lipinski definition) is 7. The summed E-state index contributed by atoms with van der Waals surface area (Å²) >= 11 is 0. The molecule has 9 N–H and O–H groups in total. The molecule has 0 saturated carbocycles. The Morgan fingerprint density at radius 1 is 0.430 bits per heavy atom. The van der Waals surface area contributed by atoms with Crippen molar-refractivity contribution in [1.82, 2.24) is 20.4 Å². The van der Waals surface area contributed by atoms with E-state index in [0.717, 1.165) is 89.0 Å². The number of amides is 4. The molecule has 2 saturated heterocycles. The number of carbonyl (C=O) groups excluding carboxylic acids is 7. The fourth-order valence-electron chi connectivity index (χ4n) is 11.5. The molecule has 2 fully saturated rings. The van der Waals surface area contributed by atoms with Crippen molar-refractivity contribution < 1.29 is 63.1 Å². The fourth-order valence-corrected chi connectivity index (χ4v) is 11.5. The summed E-state index contributed by atoms with van der Waals surface area (Å²) in [5.74, 6) is 8.87. The number of rotatable bonds is 48. The van der Waals surface area contributed by atoms with E-state index >= 15 is 0 Å². The molecule has 0 bridgehead atoms. The van der Waals surface area contributed by atoms with Crippen molar-refractivity contribution in [3.8, 4) is 0 Å². The van der Waals surface area contributed by atoms with Crippen LogP contribution in [0.25, 0.3) is 0 Å². The van der Waals surface area contributed by atoms with Gasteiger partial charge in [0.1, 0.15) is 19.0 Å². The molecular weight excluding hydrogens is 1350 g/mol. The SMILES string of the molecule is CC(C)C(=O)COCCOCCCC(=O)C(N)C(C)C.CC(C)CC(=O)NCC(CO)CC(C)C.CC(C)CC(N)C(=O)N1CC(O)CC1CC(C)C.CC(C)CCC(=O)N1CC(O)CC1CC(C)C.CC(C)CCC(C)C.CC(C)CCCC(=O)COCCC(C)C.CC(C)CCCC(=O)NCCC(C)C. The number of aliphatic hydroxyl groups is 3. The first-order valence-electron chi connectivity index (χ1n) is 42.6. The largest absolute Gasteiger partial charge is 0.396 e. The number of likely N-dealkylation sites (tertiary alicyclic amines) is 2. The maximum atomic E-state index is 12.3. The van der Waals surface area contributed by atoms with E-state index in [4.69, 9.17) is 30.8 Å². The van der Waals surface area contributed by atoms with Crippen molar-refractivity contribution in [2.45, 2.75) is 365 Å². The zero-order valence-electron chi connectivity index (χ0n) is 74.7. The van der Waals surface area contributed by atoms with Crippen LogP contribution in [0, 0.1) is 88.8 Å². The van der Waals surface area contributed by atoms with Crippen molar-refractivity contribution in [3.63, 3.8) is 0 Å². The number of nitrogens with two attached hydrogens (primary N) is 2. The van der Waals surface area contributed by atoms with Crippen molar-refractivity contribution in [2.75, 3.05) is 72.4 Å². The Bertz CT molecular complexity index is 2140. The van der Waals surface area contributed by atoms with E-state index in [1.54, 1.807) is 4.90 Å². The molecule has 19 nitrogen and oxygen atoms in total. The van der Waals surface area contributed by atoms with Crippen LogP contribution in [0.5, 0.6) is 0 Å². The maximum absolute atomic E-state index is 12.3. The highest BCUT2D eigenvalue weighted by molar-refractivity contribution is 5.84. The van der Waals surface area contributed by atoms with E-state index in [1.165, 1.54) is 12.8 Å². The van der Waals surface area contributed by atoms with Crippen LogP contribution >= 0.6 is 0 Å². The molecule has 0 spiro atoms. The Morgan fingerprint density at radius 2 is 0.888 bits per heavy atom. The topological polar surface area (TPSA) is 290 Å². The Kier molecular flexibility index (Phi) is 72.6. The molecule has 2 heterocycles. The molecule has 638 valence electrons. The second-order valence-corrected chi connectivity index (χ2v) is 36.5. The summed E-state index contributed by atoms with van der Waals surface area (Å²) in [4.78, 5) is 85.0. The lowest BCUT2D eigenvalue weighted by Crippen LogP contribution is -2.47.